The Bertz CT molecular complexity index is 949. The van der Waals surface area contributed by atoms with Crippen LogP contribution in [0.5, 0.6) is 5.75 Å². The van der Waals surface area contributed by atoms with Crippen molar-refractivity contribution in [1.29, 1.82) is 0 Å². The van der Waals surface area contributed by atoms with Crippen LogP contribution in [0.25, 0.3) is 0 Å². The highest BCUT2D eigenvalue weighted by Gasteiger charge is 2.31. The monoisotopic (exact) mass is 442 g/mol. The summed E-state index contributed by atoms with van der Waals surface area (Å²) in [4.78, 5) is 38.5. The molecule has 0 aliphatic rings. The van der Waals surface area contributed by atoms with E-state index in [-0.39, 0.29) is 12.4 Å². The molecular weight excluding hydrogens is 422 g/mol. The molecule has 156 valence electrons. The number of hydrogen-bond acceptors (Lipinski definition) is 6. The first-order chi connectivity index (χ1) is 13.6. The fraction of sp³-hybridized carbons (Fsp3) is 0.167. The van der Waals surface area contributed by atoms with Gasteiger partial charge in [0.2, 0.25) is 0 Å². The van der Waals surface area contributed by atoms with E-state index < -0.39 is 22.3 Å². The van der Waals surface area contributed by atoms with Gasteiger partial charge in [-0.15, -0.1) is 0 Å². The Hall–Kier alpha value is -2.09. The van der Waals surface area contributed by atoms with Crippen LogP contribution >= 0.6 is 15.6 Å². The molecule has 0 saturated heterocycles. The molecule has 0 radical (unpaired) electrons. The van der Waals surface area contributed by atoms with Gasteiger partial charge in [-0.2, -0.15) is 4.31 Å². The lowest BCUT2D eigenvalue weighted by Gasteiger charge is -2.11. The van der Waals surface area contributed by atoms with E-state index >= 15 is 0 Å². The summed E-state index contributed by atoms with van der Waals surface area (Å²) in [6.45, 7) is 1.39. The van der Waals surface area contributed by atoms with Crippen LogP contribution in [0.15, 0.2) is 66.2 Å². The normalized spacial score (nSPS) is 14.3. The van der Waals surface area contributed by atoms with Crippen LogP contribution in [0.4, 0.5) is 0 Å². The Balaban J connectivity index is 1.85. The van der Waals surface area contributed by atoms with Crippen molar-refractivity contribution in [2.24, 2.45) is 0 Å². The minimum atomic E-state index is -5.14. The first-order valence-corrected chi connectivity index (χ1v) is 11.3. The van der Waals surface area contributed by atoms with Crippen LogP contribution in [-0.4, -0.2) is 33.7 Å². The lowest BCUT2D eigenvalue weighted by atomic mass is 10.0. The molecule has 0 amide bonds. The summed E-state index contributed by atoms with van der Waals surface area (Å²) in [5, 5.41) is 0. The molecule has 0 bridgehead atoms. The third-order valence-electron chi connectivity index (χ3n) is 3.50. The number of ketones is 1. The van der Waals surface area contributed by atoms with E-state index in [4.69, 9.17) is 19.4 Å². The number of carbonyl (C=O) groups excluding carboxylic acids is 1. The first kappa shape index (κ1) is 23.2. The molecule has 2 aromatic rings. The van der Waals surface area contributed by atoms with E-state index in [1.54, 1.807) is 55.5 Å². The maximum absolute atomic E-state index is 12.3. The average Bonchev–Trinajstić information content (AvgIpc) is 2.65. The van der Waals surface area contributed by atoms with E-state index in [1.807, 2.05) is 6.07 Å². The molecular formula is C18H20O9P2. The van der Waals surface area contributed by atoms with E-state index in [2.05, 4.69) is 8.83 Å². The van der Waals surface area contributed by atoms with E-state index in [9.17, 15) is 13.9 Å². The molecule has 1 atom stereocenters. The summed E-state index contributed by atoms with van der Waals surface area (Å²) >= 11 is 0. The molecule has 0 fully saturated rings. The molecule has 0 aromatic heterocycles. The van der Waals surface area contributed by atoms with Crippen molar-refractivity contribution in [2.75, 3.05) is 13.2 Å². The quantitative estimate of drug-likeness (QED) is 0.287. The van der Waals surface area contributed by atoms with Crippen LogP contribution in [-0.2, 0) is 18.0 Å². The third kappa shape index (κ3) is 8.43. The van der Waals surface area contributed by atoms with Crippen LogP contribution < -0.4 is 4.74 Å². The van der Waals surface area contributed by atoms with Gasteiger partial charge in [-0.05, 0) is 36.8 Å². The largest absolute Gasteiger partial charge is 0.489 e. The number of rotatable bonds is 10. The highest BCUT2D eigenvalue weighted by atomic mass is 31.3. The molecule has 29 heavy (non-hydrogen) atoms. The zero-order valence-corrected chi connectivity index (χ0v) is 17.2. The smallest absolute Gasteiger partial charge is 0.481 e. The number of hydrogen-bond donors (Lipinski definition) is 3. The topological polar surface area (TPSA) is 140 Å². The van der Waals surface area contributed by atoms with Gasteiger partial charge in [0.05, 0.1) is 6.61 Å². The molecule has 0 saturated carbocycles. The van der Waals surface area contributed by atoms with E-state index in [0.29, 0.717) is 22.4 Å². The van der Waals surface area contributed by atoms with Gasteiger partial charge in [0, 0.05) is 11.1 Å². The van der Waals surface area contributed by atoms with Gasteiger partial charge in [-0.25, -0.2) is 9.13 Å². The fourth-order valence-corrected chi connectivity index (χ4v) is 3.67. The summed E-state index contributed by atoms with van der Waals surface area (Å²) < 4.78 is 35.5. The molecule has 0 aliphatic heterocycles. The fourth-order valence-electron chi connectivity index (χ4n) is 2.15. The predicted octanol–water partition coefficient (Wildman–Crippen LogP) is 3.47. The Labute approximate surface area is 167 Å². The Kier molecular flexibility index (Phi) is 8.07. The van der Waals surface area contributed by atoms with Crippen molar-refractivity contribution in [2.45, 2.75) is 6.92 Å². The molecule has 0 spiro atoms. The lowest BCUT2D eigenvalue weighted by Crippen LogP contribution is -2.03. The summed E-state index contributed by atoms with van der Waals surface area (Å²) in [5.74, 6) is 0.414. The van der Waals surface area contributed by atoms with Gasteiger partial charge in [-0.3, -0.25) is 9.32 Å². The highest BCUT2D eigenvalue weighted by molar-refractivity contribution is 7.60. The summed E-state index contributed by atoms with van der Waals surface area (Å²) in [5.41, 5.74) is 1.74. The van der Waals surface area contributed by atoms with Crippen LogP contribution in [0.1, 0.15) is 22.8 Å². The van der Waals surface area contributed by atoms with Gasteiger partial charge in [0.25, 0.3) is 0 Å². The van der Waals surface area contributed by atoms with Crippen LogP contribution in [0, 0.1) is 0 Å². The highest BCUT2D eigenvalue weighted by Crippen LogP contribution is 2.57. The lowest BCUT2D eigenvalue weighted by molar-refractivity contribution is 0.103. The molecule has 0 heterocycles. The Morgan fingerprint density at radius 1 is 0.966 bits per heavy atom. The van der Waals surface area contributed by atoms with Gasteiger partial charge in [-0.1, -0.05) is 36.4 Å². The zero-order chi connectivity index (χ0) is 21.5. The van der Waals surface area contributed by atoms with Gasteiger partial charge < -0.3 is 19.4 Å². The van der Waals surface area contributed by atoms with Crippen molar-refractivity contribution in [1.82, 2.24) is 0 Å². The zero-order valence-electron chi connectivity index (χ0n) is 15.4. The summed E-state index contributed by atoms with van der Waals surface area (Å²) in [6.07, 6.45) is 1.40. The van der Waals surface area contributed by atoms with Gasteiger partial charge in [0.1, 0.15) is 12.4 Å². The molecule has 0 aliphatic carbocycles. The molecule has 1 unspecified atom stereocenters. The second kappa shape index (κ2) is 10.1. The first-order valence-electron chi connectivity index (χ1n) is 8.28. The van der Waals surface area contributed by atoms with E-state index in [1.165, 1.54) is 6.08 Å². The van der Waals surface area contributed by atoms with Crippen molar-refractivity contribution in [3.63, 3.8) is 0 Å². The molecule has 11 heteroatoms. The van der Waals surface area contributed by atoms with Crippen LogP contribution in [0.2, 0.25) is 0 Å². The van der Waals surface area contributed by atoms with Crippen molar-refractivity contribution >= 4 is 21.4 Å². The maximum Gasteiger partial charge on any atom is 0.481 e. The number of phosphoric acid groups is 2. The minimum absolute atomic E-state index is 0.101. The Morgan fingerprint density at radius 2 is 1.55 bits per heavy atom. The molecule has 3 N–H and O–H groups in total. The number of phosphoric ester groups is 1. The second-order valence-corrected chi connectivity index (χ2v) is 8.72. The molecule has 2 aromatic carbocycles. The maximum atomic E-state index is 12.3. The average molecular weight is 442 g/mol. The van der Waals surface area contributed by atoms with Crippen molar-refractivity contribution < 1.29 is 42.2 Å². The number of benzene rings is 2. The van der Waals surface area contributed by atoms with Crippen molar-refractivity contribution in [3.05, 3.63) is 77.4 Å². The third-order valence-corrected chi connectivity index (χ3v) is 5.65. The van der Waals surface area contributed by atoms with Gasteiger partial charge in [0.15, 0.2) is 5.78 Å². The standard InChI is InChI=1S/C18H20O9P2/c1-14(11-12-26-29(23,24)27-28(20,21)22)13-25-17-9-7-16(8-10-17)18(19)15-5-3-2-4-6-15/h2-11H,12-13H2,1H3,(H,23,24)(H2,20,21,22)/b14-11+. The van der Waals surface area contributed by atoms with E-state index in [0.717, 1.165) is 0 Å². The van der Waals surface area contributed by atoms with Crippen molar-refractivity contribution in [3.8, 4) is 5.75 Å². The second-order valence-electron chi connectivity index (χ2n) is 5.90. The van der Waals surface area contributed by atoms with Gasteiger partial charge >= 0.3 is 15.6 Å². The van der Waals surface area contributed by atoms with Crippen LogP contribution in [0.3, 0.4) is 0 Å². The summed E-state index contributed by atoms with van der Waals surface area (Å²) in [6, 6.07) is 15.5. The SMILES string of the molecule is C/C(=C\COP(=O)(O)OP(=O)(O)O)COc1ccc(C(=O)c2ccccc2)cc1. The number of carbonyl (C=O) groups is 1. The number of ether oxygens (including phenoxy) is 1. The predicted molar refractivity (Wildman–Crippen MR) is 104 cm³/mol. The molecule has 9 nitrogen and oxygen atoms in total. The summed E-state index contributed by atoms with van der Waals surface area (Å²) in [7, 11) is -10.0. The Morgan fingerprint density at radius 3 is 2.14 bits per heavy atom. The minimum Gasteiger partial charge on any atom is -0.489 e. The molecule has 2 rings (SSSR count).